The van der Waals surface area contributed by atoms with Crippen molar-refractivity contribution < 1.29 is 19.0 Å². The van der Waals surface area contributed by atoms with Crippen LogP contribution >= 0.6 is 0 Å². The Bertz CT molecular complexity index is 1180. The molecule has 0 saturated carbocycles. The number of carbonyl (C=O) groups is 1. The van der Waals surface area contributed by atoms with Gasteiger partial charge in [-0.1, -0.05) is 30.3 Å². The van der Waals surface area contributed by atoms with Crippen LogP contribution in [-0.2, 0) is 30.7 Å². The third-order valence-corrected chi connectivity index (χ3v) is 6.52. The van der Waals surface area contributed by atoms with Gasteiger partial charge in [0.1, 0.15) is 5.82 Å². The maximum atomic E-state index is 12.5. The van der Waals surface area contributed by atoms with Crippen molar-refractivity contribution in [2.75, 3.05) is 27.0 Å². The molecule has 9 heteroatoms. The summed E-state index contributed by atoms with van der Waals surface area (Å²) in [6.07, 6.45) is 1.96. The molecular weight excluding hydrogens is 446 g/mol. The third kappa shape index (κ3) is 5.24. The number of methoxy groups -OCH3 is 1. The maximum Gasteiger partial charge on any atom is 0.231 e. The second-order valence-corrected chi connectivity index (χ2v) is 8.96. The summed E-state index contributed by atoms with van der Waals surface area (Å²) in [4.78, 5) is 14.9. The van der Waals surface area contributed by atoms with Gasteiger partial charge in [0.25, 0.3) is 0 Å². The van der Waals surface area contributed by atoms with E-state index in [0.717, 1.165) is 67.5 Å². The smallest absolute Gasteiger partial charge is 0.231 e. The molecule has 1 amide bonds. The summed E-state index contributed by atoms with van der Waals surface area (Å²) < 4.78 is 18.7. The first-order chi connectivity index (χ1) is 17.1. The third-order valence-electron chi connectivity index (χ3n) is 6.52. The largest absolute Gasteiger partial charge is 0.493 e. The van der Waals surface area contributed by atoms with Gasteiger partial charge in [0.15, 0.2) is 17.3 Å². The quantitative estimate of drug-likeness (QED) is 0.534. The van der Waals surface area contributed by atoms with Gasteiger partial charge in [-0.25, -0.2) is 0 Å². The molecule has 184 valence electrons. The molecule has 0 aliphatic carbocycles. The van der Waals surface area contributed by atoms with Gasteiger partial charge in [0, 0.05) is 39.0 Å². The van der Waals surface area contributed by atoms with Crippen LogP contribution in [-0.4, -0.2) is 52.6 Å². The van der Waals surface area contributed by atoms with Crippen molar-refractivity contribution in [3.8, 4) is 17.2 Å². The predicted octanol–water partition coefficient (Wildman–Crippen LogP) is 2.88. The van der Waals surface area contributed by atoms with E-state index < -0.39 is 0 Å². The van der Waals surface area contributed by atoms with Crippen LogP contribution in [0.25, 0.3) is 0 Å². The first-order valence-corrected chi connectivity index (χ1v) is 12.0. The first-order valence-electron chi connectivity index (χ1n) is 12.0. The highest BCUT2D eigenvalue weighted by molar-refractivity contribution is 5.76. The number of ether oxygens (including phenoxy) is 3. The van der Waals surface area contributed by atoms with Gasteiger partial charge in [0.2, 0.25) is 18.4 Å². The number of fused-ring (bicyclic) bond motifs is 2. The van der Waals surface area contributed by atoms with Gasteiger partial charge in [-0.05, 0) is 36.6 Å². The molecule has 1 aromatic heterocycles. The zero-order chi connectivity index (χ0) is 24.2. The molecule has 3 aromatic rings. The fraction of sp³-hybridized carbons (Fsp3) is 0.423. The number of aryl methyl sites for hydroxylation is 1. The fourth-order valence-corrected chi connectivity index (χ4v) is 4.68. The van der Waals surface area contributed by atoms with E-state index in [-0.39, 0.29) is 18.7 Å². The molecule has 3 heterocycles. The first kappa shape index (κ1) is 23.2. The lowest BCUT2D eigenvalue weighted by Crippen LogP contribution is -2.30. The molecule has 0 unspecified atom stereocenters. The average molecular weight is 478 g/mol. The van der Waals surface area contributed by atoms with Crippen LogP contribution in [0.4, 0.5) is 0 Å². The highest BCUT2D eigenvalue weighted by atomic mass is 16.7. The van der Waals surface area contributed by atoms with Crippen molar-refractivity contribution in [3.05, 3.63) is 65.2 Å². The molecule has 0 saturated heterocycles. The lowest BCUT2D eigenvalue weighted by atomic mass is 10.1. The van der Waals surface area contributed by atoms with Crippen LogP contribution in [0.15, 0.2) is 42.5 Å². The van der Waals surface area contributed by atoms with Crippen molar-refractivity contribution in [2.45, 2.75) is 45.3 Å². The van der Waals surface area contributed by atoms with Crippen molar-refractivity contribution in [3.63, 3.8) is 0 Å². The van der Waals surface area contributed by atoms with E-state index >= 15 is 0 Å². The fourth-order valence-electron chi connectivity index (χ4n) is 4.68. The van der Waals surface area contributed by atoms with Crippen LogP contribution < -0.4 is 19.5 Å². The van der Waals surface area contributed by atoms with Crippen molar-refractivity contribution in [1.82, 2.24) is 25.0 Å². The van der Waals surface area contributed by atoms with E-state index in [1.54, 1.807) is 7.11 Å². The highest BCUT2D eigenvalue weighted by Gasteiger charge is 2.24. The van der Waals surface area contributed by atoms with Gasteiger partial charge in [-0.3, -0.25) is 9.69 Å². The molecule has 0 radical (unpaired) electrons. The number of carbonyl (C=O) groups excluding carboxylic acids is 1. The maximum absolute atomic E-state index is 12.5. The Balaban J connectivity index is 1.19. The van der Waals surface area contributed by atoms with Gasteiger partial charge in [0.05, 0.1) is 13.2 Å². The molecule has 2 aromatic carbocycles. The summed E-state index contributed by atoms with van der Waals surface area (Å²) in [5.41, 5.74) is 2.27. The van der Waals surface area contributed by atoms with E-state index in [0.29, 0.717) is 17.9 Å². The SMILES string of the molecule is COc1cc(CN2CCc3nnc([C@H](C)NC(=O)CCc4ccccc4)n3CC2)cc2c1OCO2. The number of nitrogens with one attached hydrogen (secondary N) is 1. The molecule has 0 fully saturated rings. The summed E-state index contributed by atoms with van der Waals surface area (Å²) in [5.74, 6) is 3.87. The molecule has 1 atom stereocenters. The number of nitrogens with zero attached hydrogens (tertiary/aromatic N) is 4. The monoisotopic (exact) mass is 477 g/mol. The van der Waals surface area contributed by atoms with E-state index in [9.17, 15) is 4.79 Å². The van der Waals surface area contributed by atoms with Gasteiger partial charge in [-0.15, -0.1) is 10.2 Å². The highest BCUT2D eigenvalue weighted by Crippen LogP contribution is 2.42. The number of hydrogen-bond acceptors (Lipinski definition) is 7. The number of rotatable bonds is 8. The lowest BCUT2D eigenvalue weighted by molar-refractivity contribution is -0.121. The Labute approximate surface area is 205 Å². The summed E-state index contributed by atoms with van der Waals surface area (Å²) in [7, 11) is 1.64. The predicted molar refractivity (Wildman–Crippen MR) is 129 cm³/mol. The van der Waals surface area contributed by atoms with Crippen molar-refractivity contribution >= 4 is 5.91 Å². The molecule has 2 aliphatic rings. The minimum Gasteiger partial charge on any atom is -0.493 e. The zero-order valence-electron chi connectivity index (χ0n) is 20.2. The summed E-state index contributed by atoms with van der Waals surface area (Å²) >= 11 is 0. The lowest BCUT2D eigenvalue weighted by Gasteiger charge is -2.21. The van der Waals surface area contributed by atoms with Crippen LogP contribution in [0.3, 0.4) is 0 Å². The summed E-state index contributed by atoms with van der Waals surface area (Å²) in [5, 5.41) is 11.9. The summed E-state index contributed by atoms with van der Waals surface area (Å²) in [6, 6.07) is 13.9. The van der Waals surface area contributed by atoms with Gasteiger partial charge >= 0.3 is 0 Å². The van der Waals surface area contributed by atoms with Crippen LogP contribution in [0.1, 0.15) is 42.2 Å². The molecule has 5 rings (SSSR count). The van der Waals surface area contributed by atoms with E-state index in [2.05, 4.69) is 25.0 Å². The molecule has 2 aliphatic heterocycles. The number of aromatic nitrogens is 3. The Morgan fingerprint density at radius 1 is 1.11 bits per heavy atom. The second-order valence-electron chi connectivity index (χ2n) is 8.96. The van der Waals surface area contributed by atoms with E-state index in [1.807, 2.05) is 49.4 Å². The Kier molecular flexibility index (Phi) is 6.85. The molecule has 0 bridgehead atoms. The minimum absolute atomic E-state index is 0.0192. The standard InChI is InChI=1S/C26H31N5O4/c1-18(27-24(32)9-8-19-6-4-3-5-7-19)26-29-28-23-10-11-30(12-13-31(23)26)16-20-14-21(33-2)25-22(15-20)34-17-35-25/h3-7,14-15,18H,8-13,16-17H2,1-2H3,(H,27,32)/t18-/m0/s1. The van der Waals surface area contributed by atoms with Crippen molar-refractivity contribution in [2.24, 2.45) is 0 Å². The second kappa shape index (κ2) is 10.4. The molecule has 0 spiro atoms. The molecule has 1 N–H and O–H groups in total. The van der Waals surface area contributed by atoms with Crippen LogP contribution in [0.5, 0.6) is 17.2 Å². The number of benzene rings is 2. The Morgan fingerprint density at radius 2 is 1.97 bits per heavy atom. The number of hydrogen-bond donors (Lipinski definition) is 1. The van der Waals surface area contributed by atoms with E-state index in [4.69, 9.17) is 14.2 Å². The zero-order valence-corrected chi connectivity index (χ0v) is 20.2. The molecular formula is C26H31N5O4. The normalized spacial score (nSPS) is 15.8. The Morgan fingerprint density at radius 3 is 2.80 bits per heavy atom. The summed E-state index contributed by atoms with van der Waals surface area (Å²) in [6.45, 7) is 5.45. The van der Waals surface area contributed by atoms with E-state index in [1.165, 1.54) is 0 Å². The van der Waals surface area contributed by atoms with Crippen LogP contribution in [0.2, 0.25) is 0 Å². The Hall–Kier alpha value is -3.59. The molecule has 35 heavy (non-hydrogen) atoms. The van der Waals surface area contributed by atoms with Crippen LogP contribution in [0, 0.1) is 0 Å². The number of amides is 1. The minimum atomic E-state index is -0.204. The average Bonchev–Trinajstić information content (AvgIpc) is 3.47. The molecule has 9 nitrogen and oxygen atoms in total. The topological polar surface area (TPSA) is 90.7 Å². The van der Waals surface area contributed by atoms with Crippen molar-refractivity contribution in [1.29, 1.82) is 0 Å². The van der Waals surface area contributed by atoms with Gasteiger partial charge < -0.3 is 24.1 Å². The van der Waals surface area contributed by atoms with Gasteiger partial charge in [-0.2, -0.15) is 0 Å².